The van der Waals surface area contributed by atoms with Crippen molar-refractivity contribution in [3.05, 3.63) is 52.5 Å². The number of benzene rings is 2. The molecule has 0 saturated heterocycles. The number of aliphatic hydroxyl groups is 1. The van der Waals surface area contributed by atoms with Gasteiger partial charge >= 0.3 is 5.97 Å². The van der Waals surface area contributed by atoms with Crippen LogP contribution in [0.2, 0.25) is 5.02 Å². The van der Waals surface area contributed by atoms with Crippen molar-refractivity contribution in [2.24, 2.45) is 5.41 Å². The zero-order valence-electron chi connectivity index (χ0n) is 26.0. The summed E-state index contributed by atoms with van der Waals surface area (Å²) in [6.45, 7) is 5.11. The fraction of sp³-hybridized carbons (Fsp3) is 0.545. The van der Waals surface area contributed by atoms with Crippen molar-refractivity contribution in [1.29, 1.82) is 0 Å². The molecule has 2 aromatic carbocycles. The van der Waals surface area contributed by atoms with Crippen LogP contribution in [0, 0.1) is 5.41 Å². The second kappa shape index (κ2) is 14.2. The van der Waals surface area contributed by atoms with E-state index in [2.05, 4.69) is 0 Å². The SMILES string of the molecule is COc1cccc([C@H]2O[C@H](CC(=O)N(C3CCCCC3)[C@@H](C)C(=O)O)C(=O)N(CC(C)(C)CO)c3ccc(Cl)cc32)c1OC. The first kappa shape index (κ1) is 33.6. The zero-order chi connectivity index (χ0) is 32.2. The molecular formula is C33H43ClN2O8. The first-order valence-electron chi connectivity index (χ1n) is 15.0. The molecule has 0 unspecified atom stereocenters. The summed E-state index contributed by atoms with van der Waals surface area (Å²) in [5.41, 5.74) is 0.963. The van der Waals surface area contributed by atoms with Gasteiger partial charge in [-0.05, 0) is 44.0 Å². The van der Waals surface area contributed by atoms with Gasteiger partial charge in [0.2, 0.25) is 5.91 Å². The summed E-state index contributed by atoms with van der Waals surface area (Å²) >= 11 is 6.50. The van der Waals surface area contributed by atoms with Gasteiger partial charge in [0.15, 0.2) is 11.5 Å². The number of carbonyl (C=O) groups excluding carboxylic acids is 2. The van der Waals surface area contributed by atoms with Gasteiger partial charge in [0, 0.05) is 46.4 Å². The fourth-order valence-electron chi connectivity index (χ4n) is 6.18. The Balaban J connectivity index is 1.85. The molecule has 2 amide bonds. The molecule has 10 nitrogen and oxygen atoms in total. The van der Waals surface area contributed by atoms with Crippen molar-refractivity contribution in [2.45, 2.75) is 83.6 Å². The summed E-state index contributed by atoms with van der Waals surface area (Å²) in [6.07, 6.45) is 1.68. The molecule has 11 heteroatoms. The number of rotatable bonds is 11. The Labute approximate surface area is 263 Å². The highest BCUT2D eigenvalue weighted by Crippen LogP contribution is 2.45. The molecule has 2 aromatic rings. The van der Waals surface area contributed by atoms with E-state index in [4.69, 9.17) is 25.8 Å². The largest absolute Gasteiger partial charge is 0.493 e. The zero-order valence-corrected chi connectivity index (χ0v) is 26.8. The van der Waals surface area contributed by atoms with Gasteiger partial charge in [0.1, 0.15) is 18.2 Å². The van der Waals surface area contributed by atoms with E-state index in [1.165, 1.54) is 30.9 Å². The van der Waals surface area contributed by atoms with Crippen LogP contribution < -0.4 is 14.4 Å². The molecular weight excluding hydrogens is 588 g/mol. The van der Waals surface area contributed by atoms with E-state index in [9.17, 15) is 24.6 Å². The lowest BCUT2D eigenvalue weighted by Gasteiger charge is -2.38. The van der Waals surface area contributed by atoms with Crippen molar-refractivity contribution >= 4 is 35.1 Å². The highest BCUT2D eigenvalue weighted by molar-refractivity contribution is 6.30. The molecule has 240 valence electrons. The van der Waals surface area contributed by atoms with E-state index in [1.54, 1.807) is 36.4 Å². The number of carboxylic acid groups (broad SMARTS) is 1. The summed E-state index contributed by atoms with van der Waals surface area (Å²) in [5, 5.41) is 20.5. The van der Waals surface area contributed by atoms with E-state index >= 15 is 0 Å². The number of anilines is 1. The highest BCUT2D eigenvalue weighted by atomic mass is 35.5. The fourth-order valence-corrected chi connectivity index (χ4v) is 6.36. The summed E-state index contributed by atoms with van der Waals surface area (Å²) in [4.78, 5) is 43.6. The van der Waals surface area contributed by atoms with Crippen molar-refractivity contribution in [2.75, 3.05) is 32.3 Å². The van der Waals surface area contributed by atoms with Gasteiger partial charge in [-0.1, -0.05) is 56.8 Å². The van der Waals surface area contributed by atoms with Crippen LogP contribution in [0.4, 0.5) is 5.69 Å². The number of methoxy groups -OCH3 is 2. The predicted molar refractivity (Wildman–Crippen MR) is 166 cm³/mol. The van der Waals surface area contributed by atoms with E-state index in [0.29, 0.717) is 46.2 Å². The second-order valence-corrected chi connectivity index (χ2v) is 12.8. The number of nitrogens with zero attached hydrogens (tertiary/aromatic N) is 2. The Morgan fingerprint density at radius 2 is 1.82 bits per heavy atom. The summed E-state index contributed by atoms with van der Waals surface area (Å²) < 4.78 is 17.9. The van der Waals surface area contributed by atoms with Crippen LogP contribution >= 0.6 is 11.6 Å². The molecule has 4 rings (SSSR count). The average molecular weight is 631 g/mol. The Morgan fingerprint density at radius 1 is 1.11 bits per heavy atom. The molecule has 1 heterocycles. The van der Waals surface area contributed by atoms with Crippen molar-refractivity contribution in [3.63, 3.8) is 0 Å². The lowest BCUT2D eigenvalue weighted by molar-refractivity contribution is -0.155. The normalized spacial score (nSPS) is 20.0. The Morgan fingerprint density at radius 3 is 2.43 bits per heavy atom. The Hall–Kier alpha value is -3.34. The number of carboxylic acids is 1. The van der Waals surface area contributed by atoms with Crippen LogP contribution in [0.3, 0.4) is 0 Å². The first-order valence-corrected chi connectivity index (χ1v) is 15.4. The number of fused-ring (bicyclic) bond motifs is 1. The third kappa shape index (κ3) is 7.14. The number of amides is 2. The molecule has 1 fully saturated rings. The first-order chi connectivity index (χ1) is 20.9. The van der Waals surface area contributed by atoms with Gasteiger partial charge in [0.05, 0.1) is 20.6 Å². The number of halogens is 1. The smallest absolute Gasteiger partial charge is 0.326 e. The predicted octanol–water partition coefficient (Wildman–Crippen LogP) is 5.22. The van der Waals surface area contributed by atoms with Crippen LogP contribution in [0.5, 0.6) is 11.5 Å². The molecule has 2 N–H and O–H groups in total. The molecule has 1 saturated carbocycles. The Kier molecular flexibility index (Phi) is 10.8. The molecule has 0 radical (unpaired) electrons. The minimum Gasteiger partial charge on any atom is -0.493 e. The maximum absolute atomic E-state index is 14.4. The van der Waals surface area contributed by atoms with Crippen molar-refractivity contribution < 1.29 is 38.8 Å². The quantitative estimate of drug-likeness (QED) is 0.346. The minimum absolute atomic E-state index is 0.130. The van der Waals surface area contributed by atoms with Gasteiger partial charge in [0.25, 0.3) is 5.91 Å². The number of carbonyl (C=O) groups is 3. The molecule has 3 atom stereocenters. The second-order valence-electron chi connectivity index (χ2n) is 12.3. The molecule has 0 spiro atoms. The lowest BCUT2D eigenvalue weighted by Crippen LogP contribution is -2.52. The van der Waals surface area contributed by atoms with Crippen LogP contribution in [0.25, 0.3) is 0 Å². The molecule has 2 aliphatic rings. The minimum atomic E-state index is -1.28. The average Bonchev–Trinajstić information content (AvgIpc) is 3.11. The van der Waals surface area contributed by atoms with Crippen LogP contribution in [-0.2, 0) is 19.1 Å². The van der Waals surface area contributed by atoms with Crippen LogP contribution in [0.1, 0.15) is 76.5 Å². The number of ether oxygens (including phenoxy) is 3. The third-order valence-corrected chi connectivity index (χ3v) is 8.76. The number of aliphatic hydroxyl groups excluding tert-OH is 1. The highest BCUT2D eigenvalue weighted by Gasteiger charge is 2.43. The maximum Gasteiger partial charge on any atom is 0.326 e. The summed E-state index contributed by atoms with van der Waals surface area (Å²) in [5.74, 6) is -1.19. The number of hydrogen-bond donors (Lipinski definition) is 2. The Bertz CT molecular complexity index is 1360. The van der Waals surface area contributed by atoms with E-state index in [1.807, 2.05) is 13.8 Å². The number of hydrogen-bond acceptors (Lipinski definition) is 7. The number of aliphatic carboxylic acids is 1. The maximum atomic E-state index is 14.4. The van der Waals surface area contributed by atoms with Crippen molar-refractivity contribution in [3.8, 4) is 11.5 Å². The van der Waals surface area contributed by atoms with Gasteiger partial charge in [-0.15, -0.1) is 0 Å². The van der Waals surface area contributed by atoms with Gasteiger partial charge in [-0.25, -0.2) is 4.79 Å². The topological polar surface area (TPSA) is 126 Å². The monoisotopic (exact) mass is 630 g/mol. The standard InChI is InChI=1S/C33H43ClN2O8/c1-20(32(40)41)36(22-10-7-6-8-11-22)28(38)17-27-31(39)35(18-33(2,3)19-37)25-15-14-21(34)16-24(25)29(44-27)23-12-9-13-26(42-4)30(23)43-5/h9,12-16,20,22,27,29,37H,6-8,10-11,17-19H2,1-5H3,(H,40,41)/t20-,27+,29+/m0/s1. The van der Waals surface area contributed by atoms with Gasteiger partial charge < -0.3 is 34.2 Å². The van der Waals surface area contributed by atoms with Crippen LogP contribution in [-0.4, -0.2) is 78.5 Å². The third-order valence-electron chi connectivity index (χ3n) is 8.53. The summed E-state index contributed by atoms with van der Waals surface area (Å²) in [7, 11) is 3.03. The number of para-hydroxylation sites is 1. The van der Waals surface area contributed by atoms with Gasteiger partial charge in [-0.2, -0.15) is 0 Å². The summed E-state index contributed by atoms with van der Waals surface area (Å²) in [6, 6.07) is 9.15. The molecule has 0 aromatic heterocycles. The van der Waals surface area contributed by atoms with E-state index in [0.717, 1.165) is 19.3 Å². The molecule has 1 aliphatic carbocycles. The lowest BCUT2D eigenvalue weighted by atomic mass is 9.92. The molecule has 0 bridgehead atoms. The van der Waals surface area contributed by atoms with E-state index in [-0.39, 0.29) is 25.6 Å². The van der Waals surface area contributed by atoms with Crippen LogP contribution in [0.15, 0.2) is 36.4 Å². The van der Waals surface area contributed by atoms with Crippen molar-refractivity contribution in [1.82, 2.24) is 4.90 Å². The molecule has 1 aliphatic heterocycles. The molecule has 44 heavy (non-hydrogen) atoms. The van der Waals surface area contributed by atoms with Gasteiger partial charge in [-0.3, -0.25) is 9.59 Å². The van der Waals surface area contributed by atoms with E-state index < -0.39 is 41.4 Å².